The molecular formula is C24H18ClFN2O. The van der Waals surface area contributed by atoms with Gasteiger partial charge in [-0.2, -0.15) is 0 Å². The van der Waals surface area contributed by atoms with E-state index >= 15 is 0 Å². The summed E-state index contributed by atoms with van der Waals surface area (Å²) in [4.78, 5) is 17.8. The number of carbonyl (C=O) groups is 1. The van der Waals surface area contributed by atoms with Crippen molar-refractivity contribution < 1.29 is 9.18 Å². The first kappa shape index (κ1) is 19.1. The maximum absolute atomic E-state index is 14.8. The number of hydrogen-bond acceptors (Lipinski definition) is 2. The van der Waals surface area contributed by atoms with E-state index in [9.17, 15) is 9.18 Å². The molecule has 1 amide bonds. The second-order valence-corrected chi connectivity index (χ2v) is 7.35. The first-order valence-corrected chi connectivity index (χ1v) is 9.54. The van der Waals surface area contributed by atoms with Gasteiger partial charge in [0, 0.05) is 27.2 Å². The van der Waals surface area contributed by atoms with Crippen molar-refractivity contribution in [2.45, 2.75) is 13.8 Å². The number of benzene rings is 3. The molecule has 5 heteroatoms. The molecule has 1 N–H and O–H groups in total. The van der Waals surface area contributed by atoms with Crippen LogP contribution in [0.1, 0.15) is 21.6 Å². The van der Waals surface area contributed by atoms with Crippen LogP contribution in [0.3, 0.4) is 0 Å². The van der Waals surface area contributed by atoms with Gasteiger partial charge >= 0.3 is 0 Å². The molecule has 29 heavy (non-hydrogen) atoms. The molecule has 3 aromatic carbocycles. The van der Waals surface area contributed by atoms with Gasteiger partial charge in [0.25, 0.3) is 5.91 Å². The van der Waals surface area contributed by atoms with Crippen molar-refractivity contribution >= 4 is 34.1 Å². The Morgan fingerprint density at radius 1 is 1.00 bits per heavy atom. The molecule has 0 spiro atoms. The summed E-state index contributed by atoms with van der Waals surface area (Å²) in [5.74, 6) is -0.761. The van der Waals surface area contributed by atoms with Gasteiger partial charge in [0.2, 0.25) is 0 Å². The highest BCUT2D eigenvalue weighted by Gasteiger charge is 2.22. The lowest BCUT2D eigenvalue weighted by molar-refractivity contribution is 0.102. The molecule has 1 heterocycles. The van der Waals surface area contributed by atoms with Crippen LogP contribution in [0.2, 0.25) is 5.02 Å². The van der Waals surface area contributed by atoms with Gasteiger partial charge in [-0.3, -0.25) is 9.78 Å². The van der Waals surface area contributed by atoms with Crippen LogP contribution in [0, 0.1) is 19.7 Å². The Balaban J connectivity index is 1.96. The third-order valence-electron chi connectivity index (χ3n) is 4.81. The van der Waals surface area contributed by atoms with Crippen LogP contribution in [0.5, 0.6) is 0 Å². The largest absolute Gasteiger partial charge is 0.322 e. The molecular weight excluding hydrogens is 387 g/mol. The Hall–Kier alpha value is -3.24. The van der Waals surface area contributed by atoms with Crippen molar-refractivity contribution in [2.75, 3.05) is 5.32 Å². The van der Waals surface area contributed by atoms with Crippen molar-refractivity contribution in [3.05, 3.63) is 94.4 Å². The molecule has 0 saturated carbocycles. The number of amides is 1. The lowest BCUT2D eigenvalue weighted by Crippen LogP contribution is -2.16. The molecule has 4 rings (SSSR count). The third kappa shape index (κ3) is 3.71. The number of fused-ring (bicyclic) bond motifs is 1. The van der Waals surface area contributed by atoms with E-state index in [1.807, 2.05) is 31.2 Å². The molecule has 0 saturated heterocycles. The summed E-state index contributed by atoms with van der Waals surface area (Å²) in [5, 5.41) is 4.02. The molecule has 0 aliphatic heterocycles. The van der Waals surface area contributed by atoms with Crippen molar-refractivity contribution in [2.24, 2.45) is 0 Å². The SMILES string of the molecule is Cc1ccc(NC(=O)c2c(C)nc3ccc(Cl)cc3c2-c2ccccc2F)cc1. The zero-order chi connectivity index (χ0) is 20.5. The number of pyridine rings is 1. The Labute approximate surface area is 173 Å². The number of aromatic nitrogens is 1. The highest BCUT2D eigenvalue weighted by Crippen LogP contribution is 2.36. The van der Waals surface area contributed by atoms with E-state index in [-0.39, 0.29) is 5.91 Å². The number of nitrogens with zero attached hydrogens (tertiary/aromatic N) is 1. The number of carbonyl (C=O) groups excluding carboxylic acids is 1. The van der Waals surface area contributed by atoms with Gasteiger partial charge in [-0.25, -0.2) is 4.39 Å². The molecule has 0 atom stereocenters. The third-order valence-corrected chi connectivity index (χ3v) is 5.04. The molecule has 0 fully saturated rings. The Kier molecular flexibility index (Phi) is 5.03. The van der Waals surface area contributed by atoms with Crippen LogP contribution in [-0.2, 0) is 0 Å². The van der Waals surface area contributed by atoms with Crippen LogP contribution in [0.25, 0.3) is 22.0 Å². The normalized spacial score (nSPS) is 10.9. The van der Waals surface area contributed by atoms with Crippen molar-refractivity contribution in [1.82, 2.24) is 4.98 Å². The van der Waals surface area contributed by atoms with Gasteiger partial charge < -0.3 is 5.32 Å². The van der Waals surface area contributed by atoms with Crippen molar-refractivity contribution in [1.29, 1.82) is 0 Å². The van der Waals surface area contributed by atoms with E-state index in [0.29, 0.717) is 44.0 Å². The summed E-state index contributed by atoms with van der Waals surface area (Å²) in [7, 11) is 0. The standard InChI is InChI=1S/C24H18ClFN2O/c1-14-7-10-17(11-8-14)28-24(29)22-15(2)27-21-12-9-16(25)13-19(21)23(22)18-5-3-4-6-20(18)26/h3-13H,1-2H3,(H,28,29). The van der Waals surface area contributed by atoms with Gasteiger partial charge in [-0.15, -0.1) is 0 Å². The van der Waals surface area contributed by atoms with Gasteiger partial charge in [0.05, 0.1) is 16.8 Å². The maximum Gasteiger partial charge on any atom is 0.258 e. The van der Waals surface area contributed by atoms with Gasteiger partial charge in [-0.1, -0.05) is 47.5 Å². The summed E-state index contributed by atoms with van der Waals surface area (Å²) in [5.41, 5.74) is 4.06. The predicted molar refractivity (Wildman–Crippen MR) is 116 cm³/mol. The second kappa shape index (κ2) is 7.64. The molecule has 0 aliphatic carbocycles. The van der Waals surface area contributed by atoms with E-state index < -0.39 is 5.82 Å². The maximum atomic E-state index is 14.8. The molecule has 0 unspecified atom stereocenters. The lowest BCUT2D eigenvalue weighted by atomic mass is 9.93. The molecule has 1 aromatic heterocycles. The molecule has 144 valence electrons. The van der Waals surface area contributed by atoms with Gasteiger partial charge in [0.1, 0.15) is 5.82 Å². The minimum Gasteiger partial charge on any atom is -0.322 e. The van der Waals surface area contributed by atoms with Crippen molar-refractivity contribution in [3.8, 4) is 11.1 Å². The first-order chi connectivity index (χ1) is 13.9. The Morgan fingerprint density at radius 2 is 1.72 bits per heavy atom. The predicted octanol–water partition coefficient (Wildman–Crippen LogP) is 6.56. The fraction of sp³-hybridized carbons (Fsp3) is 0.0833. The monoisotopic (exact) mass is 404 g/mol. The van der Waals surface area contributed by atoms with Crippen LogP contribution in [-0.4, -0.2) is 10.9 Å². The quantitative estimate of drug-likeness (QED) is 0.420. The van der Waals surface area contributed by atoms with Crippen LogP contribution < -0.4 is 5.32 Å². The van der Waals surface area contributed by atoms with E-state index in [4.69, 9.17) is 11.6 Å². The molecule has 3 nitrogen and oxygen atoms in total. The summed E-state index contributed by atoms with van der Waals surface area (Å²) in [6.07, 6.45) is 0. The average Bonchev–Trinajstić information content (AvgIpc) is 2.69. The Bertz CT molecular complexity index is 1240. The highest BCUT2D eigenvalue weighted by atomic mass is 35.5. The number of rotatable bonds is 3. The van der Waals surface area contributed by atoms with E-state index in [0.717, 1.165) is 5.56 Å². The molecule has 0 aliphatic rings. The van der Waals surface area contributed by atoms with E-state index in [1.165, 1.54) is 6.07 Å². The summed E-state index contributed by atoms with van der Waals surface area (Å²) < 4.78 is 14.8. The highest BCUT2D eigenvalue weighted by molar-refractivity contribution is 6.31. The van der Waals surface area contributed by atoms with E-state index in [2.05, 4.69) is 10.3 Å². The number of hydrogen-bond donors (Lipinski definition) is 1. The van der Waals surface area contributed by atoms with Crippen LogP contribution >= 0.6 is 11.6 Å². The minimum absolute atomic E-state index is 0.324. The zero-order valence-corrected chi connectivity index (χ0v) is 16.7. The zero-order valence-electron chi connectivity index (χ0n) is 16.0. The fourth-order valence-electron chi connectivity index (χ4n) is 3.41. The number of anilines is 1. The smallest absolute Gasteiger partial charge is 0.258 e. The summed E-state index contributed by atoms with van der Waals surface area (Å²) >= 11 is 6.21. The van der Waals surface area contributed by atoms with Gasteiger partial charge in [-0.05, 0) is 50.2 Å². The number of nitrogens with one attached hydrogen (secondary N) is 1. The molecule has 4 aromatic rings. The first-order valence-electron chi connectivity index (χ1n) is 9.17. The minimum atomic E-state index is -0.413. The second-order valence-electron chi connectivity index (χ2n) is 6.91. The summed E-state index contributed by atoms with van der Waals surface area (Å²) in [6, 6.07) is 19.1. The topological polar surface area (TPSA) is 42.0 Å². The summed E-state index contributed by atoms with van der Waals surface area (Å²) in [6.45, 7) is 3.73. The molecule has 0 radical (unpaired) electrons. The van der Waals surface area contributed by atoms with Crippen LogP contribution in [0.4, 0.5) is 10.1 Å². The van der Waals surface area contributed by atoms with Crippen LogP contribution in [0.15, 0.2) is 66.7 Å². The van der Waals surface area contributed by atoms with E-state index in [1.54, 1.807) is 43.3 Å². The van der Waals surface area contributed by atoms with Crippen molar-refractivity contribution in [3.63, 3.8) is 0 Å². The average molecular weight is 405 g/mol. The fourth-order valence-corrected chi connectivity index (χ4v) is 3.58. The van der Waals surface area contributed by atoms with Gasteiger partial charge in [0.15, 0.2) is 0 Å². The number of halogens is 2. The number of aryl methyl sites for hydroxylation is 2. The lowest BCUT2D eigenvalue weighted by Gasteiger charge is -2.16. The molecule has 0 bridgehead atoms. The Morgan fingerprint density at radius 3 is 2.45 bits per heavy atom.